The fourth-order valence-electron chi connectivity index (χ4n) is 3.83. The average Bonchev–Trinajstić information content (AvgIpc) is 2.75. The summed E-state index contributed by atoms with van der Waals surface area (Å²) in [5.41, 5.74) is 1.40. The highest BCUT2D eigenvalue weighted by Gasteiger charge is 2.12. The van der Waals surface area contributed by atoms with Gasteiger partial charge in [-0.25, -0.2) is 0 Å². The molecule has 1 N–H and O–H groups in total. The third-order valence-electron chi connectivity index (χ3n) is 5.99. The second-order valence-electron chi connectivity index (χ2n) is 8.92. The van der Waals surface area contributed by atoms with E-state index >= 15 is 0 Å². The molecule has 0 saturated heterocycles. The Labute approximate surface area is 196 Å². The van der Waals surface area contributed by atoms with Crippen molar-refractivity contribution < 1.29 is 22.5 Å². The lowest BCUT2D eigenvalue weighted by Crippen LogP contribution is -2.06. The highest BCUT2D eigenvalue weighted by atomic mass is 32.2. The van der Waals surface area contributed by atoms with Crippen LogP contribution in [0.1, 0.15) is 121 Å². The molecule has 184 valence electrons. The van der Waals surface area contributed by atoms with Crippen LogP contribution in [0.25, 0.3) is 0 Å². The van der Waals surface area contributed by atoms with E-state index in [9.17, 15) is 13.2 Å². The van der Waals surface area contributed by atoms with Gasteiger partial charge in [-0.1, -0.05) is 103 Å². The first kappa shape index (κ1) is 28.6. The van der Waals surface area contributed by atoms with E-state index in [1.165, 1.54) is 89.2 Å². The van der Waals surface area contributed by atoms with Gasteiger partial charge < -0.3 is 4.74 Å². The highest BCUT2D eigenvalue weighted by Crippen LogP contribution is 2.17. The van der Waals surface area contributed by atoms with Crippen LogP contribution in [0.5, 0.6) is 0 Å². The SMILES string of the molecule is CCCCCCCCCCCCCCCCCC(=O)OCc1cc(S(=O)(=O)O)ccc1C. The van der Waals surface area contributed by atoms with Crippen LogP contribution in [0, 0.1) is 6.92 Å². The molecule has 0 aliphatic heterocycles. The lowest BCUT2D eigenvalue weighted by atomic mass is 10.0. The van der Waals surface area contributed by atoms with Crippen LogP contribution in [0.2, 0.25) is 0 Å². The fraction of sp³-hybridized carbons (Fsp3) is 0.731. The zero-order valence-corrected chi connectivity index (χ0v) is 21.1. The van der Waals surface area contributed by atoms with Crippen LogP contribution in [0.4, 0.5) is 0 Å². The molecule has 0 unspecified atom stereocenters. The lowest BCUT2D eigenvalue weighted by Gasteiger charge is -2.09. The normalized spacial score (nSPS) is 11.6. The second kappa shape index (κ2) is 17.1. The Morgan fingerprint density at radius 1 is 0.812 bits per heavy atom. The maximum atomic E-state index is 12.0. The Balaban J connectivity index is 1.99. The largest absolute Gasteiger partial charge is 0.461 e. The van der Waals surface area contributed by atoms with Crippen molar-refractivity contribution in [2.45, 2.75) is 128 Å². The molecule has 0 radical (unpaired) electrons. The third kappa shape index (κ3) is 13.9. The number of hydrogen-bond acceptors (Lipinski definition) is 4. The molecule has 1 rings (SSSR count). The monoisotopic (exact) mass is 468 g/mol. The van der Waals surface area contributed by atoms with E-state index in [1.54, 1.807) is 6.07 Å². The van der Waals surface area contributed by atoms with Crippen LogP contribution < -0.4 is 0 Å². The van der Waals surface area contributed by atoms with Crippen molar-refractivity contribution in [1.29, 1.82) is 0 Å². The maximum Gasteiger partial charge on any atom is 0.306 e. The number of rotatable bonds is 19. The predicted octanol–water partition coefficient (Wildman–Crippen LogP) is 7.55. The quantitative estimate of drug-likeness (QED) is 0.129. The van der Waals surface area contributed by atoms with Gasteiger partial charge in [-0.05, 0) is 36.6 Å². The number of benzene rings is 1. The molecular weight excluding hydrogens is 424 g/mol. The molecule has 0 atom stereocenters. The predicted molar refractivity (Wildman–Crippen MR) is 130 cm³/mol. The third-order valence-corrected chi connectivity index (χ3v) is 6.84. The minimum atomic E-state index is -4.26. The van der Waals surface area contributed by atoms with Crippen molar-refractivity contribution in [2.75, 3.05) is 0 Å². The first-order valence-electron chi connectivity index (χ1n) is 12.6. The molecule has 0 aliphatic rings. The van der Waals surface area contributed by atoms with Crippen molar-refractivity contribution in [2.24, 2.45) is 0 Å². The molecular formula is C26H44O5S. The molecule has 0 aliphatic carbocycles. The average molecular weight is 469 g/mol. The molecule has 0 amide bonds. The molecule has 6 heteroatoms. The second-order valence-corrected chi connectivity index (χ2v) is 10.3. The van der Waals surface area contributed by atoms with Gasteiger partial charge in [0.25, 0.3) is 10.1 Å². The van der Waals surface area contributed by atoms with Gasteiger partial charge in [-0.2, -0.15) is 8.42 Å². The van der Waals surface area contributed by atoms with E-state index in [2.05, 4.69) is 6.92 Å². The van der Waals surface area contributed by atoms with Gasteiger partial charge in [-0.3, -0.25) is 9.35 Å². The van der Waals surface area contributed by atoms with Gasteiger partial charge in [0.2, 0.25) is 0 Å². The summed E-state index contributed by atoms with van der Waals surface area (Å²) in [6.45, 7) is 4.09. The Hall–Kier alpha value is -1.40. The first-order valence-corrected chi connectivity index (χ1v) is 14.0. The van der Waals surface area contributed by atoms with Crippen molar-refractivity contribution in [3.63, 3.8) is 0 Å². The van der Waals surface area contributed by atoms with Crippen LogP contribution in [0.3, 0.4) is 0 Å². The number of esters is 1. The summed E-state index contributed by atoms with van der Waals surface area (Å²) in [5.74, 6) is -0.267. The van der Waals surface area contributed by atoms with Gasteiger partial charge >= 0.3 is 5.97 Å². The topological polar surface area (TPSA) is 80.7 Å². The molecule has 0 saturated carbocycles. The molecule has 1 aromatic carbocycles. The summed E-state index contributed by atoms with van der Waals surface area (Å²) in [4.78, 5) is 11.8. The summed E-state index contributed by atoms with van der Waals surface area (Å²) in [6.07, 6.45) is 19.6. The van der Waals surface area contributed by atoms with Crippen molar-refractivity contribution in [3.8, 4) is 0 Å². The molecule has 0 bridgehead atoms. The number of hydrogen-bond donors (Lipinski definition) is 1. The number of carbonyl (C=O) groups is 1. The fourth-order valence-corrected chi connectivity index (χ4v) is 4.37. The van der Waals surface area contributed by atoms with Gasteiger partial charge in [-0.15, -0.1) is 0 Å². The van der Waals surface area contributed by atoms with E-state index in [1.807, 2.05) is 6.92 Å². The smallest absolute Gasteiger partial charge is 0.306 e. The summed E-state index contributed by atoms with van der Waals surface area (Å²) >= 11 is 0. The Kier molecular flexibility index (Phi) is 15.3. The van der Waals surface area contributed by atoms with E-state index in [0.29, 0.717) is 12.0 Å². The van der Waals surface area contributed by atoms with Crippen LogP contribution in [-0.4, -0.2) is 18.9 Å². The number of ether oxygens (including phenoxy) is 1. The van der Waals surface area contributed by atoms with Gasteiger partial charge in [0.05, 0.1) is 4.90 Å². The first-order chi connectivity index (χ1) is 15.3. The van der Waals surface area contributed by atoms with E-state index in [4.69, 9.17) is 9.29 Å². The summed E-state index contributed by atoms with van der Waals surface area (Å²) in [7, 11) is -4.26. The minimum absolute atomic E-state index is 0.0206. The van der Waals surface area contributed by atoms with Crippen molar-refractivity contribution >= 4 is 16.1 Å². The Bertz CT molecular complexity index is 743. The zero-order valence-electron chi connectivity index (χ0n) is 20.2. The number of unbranched alkanes of at least 4 members (excludes halogenated alkanes) is 14. The number of carbonyl (C=O) groups excluding carboxylic acids is 1. The molecule has 32 heavy (non-hydrogen) atoms. The summed E-state index contributed by atoms with van der Waals surface area (Å²) in [6, 6.07) is 4.29. The molecule has 0 aromatic heterocycles. The standard InChI is InChI=1S/C26H44O5S/c1-3-4-5-6-7-8-9-10-11-12-13-14-15-16-17-18-26(27)31-22-24-21-25(32(28,29)30)20-19-23(24)2/h19-21H,3-18,22H2,1-2H3,(H,28,29,30). The van der Waals surface area contributed by atoms with E-state index < -0.39 is 10.1 Å². The van der Waals surface area contributed by atoms with E-state index in [0.717, 1.165) is 24.8 Å². The minimum Gasteiger partial charge on any atom is -0.461 e. The maximum absolute atomic E-state index is 12.0. The number of aryl methyl sites for hydroxylation is 1. The zero-order chi connectivity index (χ0) is 23.7. The Morgan fingerprint density at radius 2 is 1.28 bits per heavy atom. The van der Waals surface area contributed by atoms with Gasteiger partial charge in [0.15, 0.2) is 0 Å². The summed E-state index contributed by atoms with van der Waals surface area (Å²) < 4.78 is 36.9. The molecule has 1 aromatic rings. The molecule has 0 heterocycles. The highest BCUT2D eigenvalue weighted by molar-refractivity contribution is 7.85. The van der Waals surface area contributed by atoms with Crippen molar-refractivity contribution in [3.05, 3.63) is 29.3 Å². The van der Waals surface area contributed by atoms with Gasteiger partial charge in [0.1, 0.15) is 6.61 Å². The molecule has 0 fully saturated rings. The molecule has 5 nitrogen and oxygen atoms in total. The van der Waals surface area contributed by atoms with E-state index in [-0.39, 0.29) is 17.5 Å². The Morgan fingerprint density at radius 3 is 1.75 bits per heavy atom. The summed E-state index contributed by atoms with van der Waals surface area (Å²) in [5, 5.41) is 0. The van der Waals surface area contributed by atoms with Crippen molar-refractivity contribution in [1.82, 2.24) is 0 Å². The van der Waals surface area contributed by atoms with Crippen LogP contribution in [-0.2, 0) is 26.3 Å². The van der Waals surface area contributed by atoms with Gasteiger partial charge in [0, 0.05) is 6.42 Å². The lowest BCUT2D eigenvalue weighted by molar-refractivity contribution is -0.145. The van der Waals surface area contributed by atoms with Crippen LogP contribution >= 0.6 is 0 Å². The molecule has 0 spiro atoms. The van der Waals surface area contributed by atoms with Crippen LogP contribution in [0.15, 0.2) is 23.1 Å².